The fraction of sp³-hybridized carbons (Fsp3) is 0.611. The van der Waals surface area contributed by atoms with Crippen molar-refractivity contribution < 1.29 is 4.79 Å². The third-order valence-electron chi connectivity index (χ3n) is 5.02. The molecular formula is C18H26N2O. The van der Waals surface area contributed by atoms with Crippen LogP contribution in [0.15, 0.2) is 24.3 Å². The van der Waals surface area contributed by atoms with Gasteiger partial charge in [-0.2, -0.15) is 0 Å². The standard InChI is InChI=1S/C18H26N2O/c1-2-15-7-9-16(10-8-15)18(21)20-12-4-11-19(13-14-20)17-5-3-6-17/h7-10,17H,2-6,11-14H2,1H3. The number of carbonyl (C=O) groups excluding carboxylic acids is 1. The van der Waals surface area contributed by atoms with Crippen molar-refractivity contribution in [2.24, 2.45) is 0 Å². The molecule has 1 aliphatic carbocycles. The van der Waals surface area contributed by atoms with Crippen LogP contribution in [0.5, 0.6) is 0 Å². The molecule has 1 amide bonds. The van der Waals surface area contributed by atoms with Gasteiger partial charge in [0.2, 0.25) is 0 Å². The van der Waals surface area contributed by atoms with Crippen LogP contribution in [-0.4, -0.2) is 47.9 Å². The second-order valence-electron chi connectivity index (χ2n) is 6.32. The summed E-state index contributed by atoms with van der Waals surface area (Å²) in [5, 5.41) is 0. The smallest absolute Gasteiger partial charge is 0.253 e. The molecule has 0 aromatic heterocycles. The predicted octanol–water partition coefficient (Wildman–Crippen LogP) is 2.95. The van der Waals surface area contributed by atoms with Gasteiger partial charge in [-0.15, -0.1) is 0 Å². The largest absolute Gasteiger partial charge is 0.337 e. The van der Waals surface area contributed by atoms with Crippen molar-refractivity contribution in [3.63, 3.8) is 0 Å². The minimum Gasteiger partial charge on any atom is -0.337 e. The first-order chi connectivity index (χ1) is 10.3. The number of benzene rings is 1. The highest BCUT2D eigenvalue weighted by atomic mass is 16.2. The minimum atomic E-state index is 0.202. The Balaban J connectivity index is 1.61. The van der Waals surface area contributed by atoms with E-state index in [1.54, 1.807) is 0 Å². The highest BCUT2D eigenvalue weighted by molar-refractivity contribution is 5.94. The van der Waals surface area contributed by atoms with Gasteiger partial charge in [0.05, 0.1) is 0 Å². The third kappa shape index (κ3) is 3.29. The normalized spacial score (nSPS) is 20.9. The molecule has 1 aliphatic heterocycles. The van der Waals surface area contributed by atoms with E-state index in [1.807, 2.05) is 17.0 Å². The molecule has 1 saturated carbocycles. The molecule has 1 aromatic carbocycles. The average molecular weight is 286 g/mol. The van der Waals surface area contributed by atoms with E-state index in [0.717, 1.165) is 50.6 Å². The molecule has 21 heavy (non-hydrogen) atoms. The van der Waals surface area contributed by atoms with Crippen molar-refractivity contribution in [1.82, 2.24) is 9.80 Å². The number of hydrogen-bond acceptors (Lipinski definition) is 2. The minimum absolute atomic E-state index is 0.202. The van der Waals surface area contributed by atoms with Gasteiger partial charge in [0, 0.05) is 37.8 Å². The zero-order chi connectivity index (χ0) is 14.7. The van der Waals surface area contributed by atoms with Gasteiger partial charge in [-0.3, -0.25) is 9.69 Å². The van der Waals surface area contributed by atoms with Crippen molar-refractivity contribution in [2.75, 3.05) is 26.2 Å². The Hall–Kier alpha value is -1.35. The number of carbonyl (C=O) groups is 1. The fourth-order valence-corrected chi connectivity index (χ4v) is 3.32. The summed E-state index contributed by atoms with van der Waals surface area (Å²) in [6.45, 7) is 6.12. The number of amides is 1. The maximum Gasteiger partial charge on any atom is 0.253 e. The zero-order valence-corrected chi connectivity index (χ0v) is 13.1. The molecule has 2 aliphatic rings. The lowest BCUT2D eigenvalue weighted by Gasteiger charge is -2.36. The van der Waals surface area contributed by atoms with Crippen LogP contribution in [0.1, 0.15) is 48.5 Å². The second kappa shape index (κ2) is 6.61. The number of rotatable bonds is 3. The second-order valence-corrected chi connectivity index (χ2v) is 6.32. The number of hydrogen-bond donors (Lipinski definition) is 0. The molecule has 0 spiro atoms. The quantitative estimate of drug-likeness (QED) is 0.853. The van der Waals surface area contributed by atoms with Gasteiger partial charge in [-0.1, -0.05) is 25.5 Å². The van der Waals surface area contributed by atoms with Crippen LogP contribution < -0.4 is 0 Å². The van der Waals surface area contributed by atoms with Gasteiger partial charge in [-0.25, -0.2) is 0 Å². The van der Waals surface area contributed by atoms with Crippen LogP contribution >= 0.6 is 0 Å². The Kier molecular flexibility index (Phi) is 4.59. The molecule has 0 unspecified atom stereocenters. The van der Waals surface area contributed by atoms with Crippen LogP contribution in [0, 0.1) is 0 Å². The Morgan fingerprint density at radius 1 is 1.05 bits per heavy atom. The van der Waals surface area contributed by atoms with Crippen molar-refractivity contribution >= 4 is 5.91 Å². The van der Waals surface area contributed by atoms with E-state index < -0.39 is 0 Å². The number of aryl methyl sites for hydroxylation is 1. The molecule has 114 valence electrons. The van der Waals surface area contributed by atoms with E-state index in [1.165, 1.54) is 24.8 Å². The lowest BCUT2D eigenvalue weighted by molar-refractivity contribution is 0.0749. The van der Waals surface area contributed by atoms with Crippen LogP contribution in [0.2, 0.25) is 0 Å². The molecule has 1 saturated heterocycles. The molecule has 2 fully saturated rings. The van der Waals surface area contributed by atoms with Gasteiger partial charge >= 0.3 is 0 Å². The van der Waals surface area contributed by atoms with Crippen LogP contribution in [0.4, 0.5) is 0 Å². The van der Waals surface area contributed by atoms with Crippen molar-refractivity contribution in [3.8, 4) is 0 Å². The van der Waals surface area contributed by atoms with Gasteiger partial charge < -0.3 is 4.90 Å². The third-order valence-corrected chi connectivity index (χ3v) is 5.02. The Bertz CT molecular complexity index is 478. The molecule has 3 heteroatoms. The number of nitrogens with zero attached hydrogens (tertiary/aromatic N) is 2. The first-order valence-corrected chi connectivity index (χ1v) is 8.40. The van der Waals surface area contributed by atoms with Crippen molar-refractivity contribution in [1.29, 1.82) is 0 Å². The molecule has 1 heterocycles. The molecule has 3 rings (SSSR count). The molecular weight excluding hydrogens is 260 g/mol. The molecule has 0 N–H and O–H groups in total. The molecule has 0 atom stereocenters. The van der Waals surface area contributed by atoms with Crippen LogP contribution in [-0.2, 0) is 6.42 Å². The summed E-state index contributed by atoms with van der Waals surface area (Å²) >= 11 is 0. The van der Waals surface area contributed by atoms with E-state index in [-0.39, 0.29) is 5.91 Å². The van der Waals surface area contributed by atoms with Crippen molar-refractivity contribution in [2.45, 2.75) is 45.1 Å². The zero-order valence-electron chi connectivity index (χ0n) is 13.1. The van der Waals surface area contributed by atoms with Gasteiger partial charge in [0.25, 0.3) is 5.91 Å². The average Bonchev–Trinajstić information content (AvgIpc) is 2.71. The lowest BCUT2D eigenvalue weighted by Crippen LogP contribution is -2.42. The van der Waals surface area contributed by atoms with Crippen LogP contribution in [0.25, 0.3) is 0 Å². The highest BCUT2D eigenvalue weighted by Crippen LogP contribution is 2.25. The van der Waals surface area contributed by atoms with Gasteiger partial charge in [0.1, 0.15) is 0 Å². The maximum atomic E-state index is 12.6. The van der Waals surface area contributed by atoms with E-state index in [9.17, 15) is 4.79 Å². The summed E-state index contributed by atoms with van der Waals surface area (Å²) in [4.78, 5) is 17.3. The van der Waals surface area contributed by atoms with Crippen molar-refractivity contribution in [3.05, 3.63) is 35.4 Å². The van der Waals surface area contributed by atoms with Gasteiger partial charge in [-0.05, 0) is 43.4 Å². The summed E-state index contributed by atoms with van der Waals surface area (Å²) in [5.74, 6) is 0.202. The molecule has 0 radical (unpaired) electrons. The Morgan fingerprint density at radius 3 is 2.43 bits per heavy atom. The summed E-state index contributed by atoms with van der Waals surface area (Å²) in [7, 11) is 0. The topological polar surface area (TPSA) is 23.6 Å². The Morgan fingerprint density at radius 2 is 1.81 bits per heavy atom. The first-order valence-electron chi connectivity index (χ1n) is 8.40. The van der Waals surface area contributed by atoms with Gasteiger partial charge in [0.15, 0.2) is 0 Å². The summed E-state index contributed by atoms with van der Waals surface area (Å²) in [6, 6.07) is 8.91. The van der Waals surface area contributed by atoms with E-state index in [2.05, 4.69) is 24.0 Å². The van der Waals surface area contributed by atoms with E-state index in [4.69, 9.17) is 0 Å². The molecule has 1 aromatic rings. The lowest BCUT2D eigenvalue weighted by atomic mass is 9.91. The first kappa shape index (κ1) is 14.6. The fourth-order valence-electron chi connectivity index (χ4n) is 3.32. The molecule has 3 nitrogen and oxygen atoms in total. The summed E-state index contributed by atoms with van der Waals surface area (Å²) in [5.41, 5.74) is 2.13. The highest BCUT2D eigenvalue weighted by Gasteiger charge is 2.27. The Labute approximate surface area is 127 Å². The summed E-state index contributed by atoms with van der Waals surface area (Å²) < 4.78 is 0. The SMILES string of the molecule is CCc1ccc(C(=O)N2CCCN(C3CCC3)CC2)cc1. The van der Waals surface area contributed by atoms with E-state index >= 15 is 0 Å². The predicted molar refractivity (Wildman–Crippen MR) is 85.6 cm³/mol. The van der Waals surface area contributed by atoms with E-state index in [0.29, 0.717) is 0 Å². The molecule has 0 bridgehead atoms. The maximum absolute atomic E-state index is 12.6. The van der Waals surface area contributed by atoms with Crippen LogP contribution in [0.3, 0.4) is 0 Å². The monoisotopic (exact) mass is 286 g/mol. The summed E-state index contributed by atoms with van der Waals surface area (Å²) in [6.07, 6.45) is 6.22.